The summed E-state index contributed by atoms with van der Waals surface area (Å²) < 4.78 is 71.8. The molecule has 1 fully saturated rings. The summed E-state index contributed by atoms with van der Waals surface area (Å²) in [6, 6.07) is 5.89. The monoisotopic (exact) mass is 445 g/mol. The van der Waals surface area contributed by atoms with Crippen molar-refractivity contribution in [2.24, 2.45) is 7.05 Å². The highest BCUT2D eigenvalue weighted by atomic mass is 32.2. The van der Waals surface area contributed by atoms with Gasteiger partial charge >= 0.3 is 15.6 Å². The first-order valence-corrected chi connectivity index (χ1v) is 10.5. The molecule has 30 heavy (non-hydrogen) atoms. The Morgan fingerprint density at radius 2 is 2.00 bits per heavy atom. The molecule has 162 valence electrons. The van der Waals surface area contributed by atoms with Gasteiger partial charge in [0.2, 0.25) is 5.88 Å². The standard InChI is InChI=1S/C18H18F3N3O5S/c1-23-17(29-30(26,27)18(19,20)21)13-9-11-6-7-14(15(13)22-23)24(11)16(25)10-4-3-5-12(8-10)28-2/h3-5,8,11,14H,6-7,9H2,1-2H3/t11-,14+/m1/s1. The lowest BCUT2D eigenvalue weighted by Gasteiger charge is -2.34. The number of carbonyl (C=O) groups excluding carboxylic acids is 1. The van der Waals surface area contributed by atoms with Crippen LogP contribution in [0, 0.1) is 0 Å². The number of halogens is 3. The Morgan fingerprint density at radius 1 is 1.27 bits per heavy atom. The second kappa shape index (κ2) is 6.89. The fourth-order valence-electron chi connectivity index (χ4n) is 4.09. The summed E-state index contributed by atoms with van der Waals surface area (Å²) in [4.78, 5) is 14.8. The number of hydrogen-bond acceptors (Lipinski definition) is 6. The molecule has 12 heteroatoms. The molecule has 0 spiro atoms. The Balaban J connectivity index is 1.69. The van der Waals surface area contributed by atoms with Gasteiger partial charge in [0, 0.05) is 30.6 Å². The zero-order chi connectivity index (χ0) is 21.8. The van der Waals surface area contributed by atoms with Gasteiger partial charge < -0.3 is 13.8 Å². The minimum atomic E-state index is -5.83. The number of aromatic nitrogens is 2. The SMILES string of the molecule is COc1cccc(C(=O)N2[C@@H]3CC[C@H]2c2nn(C)c(OS(=O)(=O)C(F)(F)F)c2C3)c1. The molecule has 2 atom stereocenters. The molecule has 0 radical (unpaired) electrons. The van der Waals surface area contributed by atoms with Crippen LogP contribution in [0.1, 0.15) is 40.5 Å². The van der Waals surface area contributed by atoms with Crippen molar-refractivity contribution in [3.63, 3.8) is 0 Å². The number of benzene rings is 1. The smallest absolute Gasteiger partial charge is 0.497 e. The molecule has 8 nitrogen and oxygen atoms in total. The molecular weight excluding hydrogens is 427 g/mol. The van der Waals surface area contributed by atoms with Gasteiger partial charge in [-0.25, -0.2) is 4.68 Å². The number of ether oxygens (including phenoxy) is 1. The van der Waals surface area contributed by atoms with Crippen LogP contribution in [0.3, 0.4) is 0 Å². The van der Waals surface area contributed by atoms with Crippen molar-refractivity contribution in [3.05, 3.63) is 41.1 Å². The number of nitrogens with zero attached hydrogens (tertiary/aromatic N) is 3. The largest absolute Gasteiger partial charge is 0.534 e. The normalized spacial score (nSPS) is 20.8. The van der Waals surface area contributed by atoms with Gasteiger partial charge in [-0.15, -0.1) is 0 Å². The minimum Gasteiger partial charge on any atom is -0.497 e. The Kier molecular flexibility index (Phi) is 4.71. The first-order valence-electron chi connectivity index (χ1n) is 9.06. The topological polar surface area (TPSA) is 90.7 Å². The number of amides is 1. The molecule has 1 aromatic carbocycles. The van der Waals surface area contributed by atoms with E-state index < -0.39 is 27.5 Å². The first-order chi connectivity index (χ1) is 14.0. The molecule has 1 amide bonds. The van der Waals surface area contributed by atoms with Gasteiger partial charge in [-0.2, -0.15) is 26.7 Å². The Morgan fingerprint density at radius 3 is 2.67 bits per heavy atom. The molecule has 1 saturated heterocycles. The maximum Gasteiger partial charge on any atom is 0.534 e. The van der Waals surface area contributed by atoms with Crippen LogP contribution in [0.2, 0.25) is 0 Å². The van der Waals surface area contributed by atoms with E-state index >= 15 is 0 Å². The van der Waals surface area contributed by atoms with Crippen LogP contribution in [0.25, 0.3) is 0 Å². The van der Waals surface area contributed by atoms with Crippen LogP contribution in [0.15, 0.2) is 24.3 Å². The lowest BCUT2D eigenvalue weighted by molar-refractivity contribution is -0.0502. The molecule has 0 aliphatic carbocycles. The van der Waals surface area contributed by atoms with E-state index in [4.69, 9.17) is 4.74 Å². The van der Waals surface area contributed by atoms with Crippen molar-refractivity contribution < 1.29 is 35.3 Å². The fourth-order valence-corrected chi connectivity index (χ4v) is 4.60. The molecule has 4 rings (SSSR count). The summed E-state index contributed by atoms with van der Waals surface area (Å²) in [6.07, 6.45) is 1.33. The van der Waals surface area contributed by atoms with Crippen LogP contribution in [0.5, 0.6) is 11.6 Å². The van der Waals surface area contributed by atoms with E-state index in [1.165, 1.54) is 14.2 Å². The molecule has 1 aromatic heterocycles. The average Bonchev–Trinajstić information content (AvgIpc) is 3.17. The van der Waals surface area contributed by atoms with Crippen molar-refractivity contribution >= 4 is 16.0 Å². The molecule has 2 aromatic rings. The number of alkyl halides is 3. The Bertz CT molecular complexity index is 1110. The molecule has 2 aliphatic rings. The zero-order valence-corrected chi connectivity index (χ0v) is 16.8. The molecule has 2 bridgehead atoms. The highest BCUT2D eigenvalue weighted by Crippen LogP contribution is 2.47. The van der Waals surface area contributed by atoms with Crippen molar-refractivity contribution in [3.8, 4) is 11.6 Å². The van der Waals surface area contributed by atoms with Crippen molar-refractivity contribution in [1.29, 1.82) is 0 Å². The van der Waals surface area contributed by atoms with Crippen LogP contribution < -0.4 is 8.92 Å². The van der Waals surface area contributed by atoms with Gasteiger partial charge in [-0.3, -0.25) is 4.79 Å². The molecule has 0 N–H and O–H groups in total. The van der Waals surface area contributed by atoms with Gasteiger partial charge in [0.05, 0.1) is 18.8 Å². The second-order valence-corrected chi connectivity index (χ2v) is 8.71. The van der Waals surface area contributed by atoms with Crippen molar-refractivity contribution in [2.45, 2.75) is 36.9 Å². The first kappa shape index (κ1) is 20.5. The third kappa shape index (κ3) is 3.18. The zero-order valence-electron chi connectivity index (χ0n) is 16.0. The lowest BCUT2D eigenvalue weighted by atomic mass is 9.98. The summed E-state index contributed by atoms with van der Waals surface area (Å²) in [5, 5.41) is 4.20. The molecule has 0 saturated carbocycles. The summed E-state index contributed by atoms with van der Waals surface area (Å²) >= 11 is 0. The van der Waals surface area contributed by atoms with Crippen LogP contribution >= 0.6 is 0 Å². The van der Waals surface area contributed by atoms with E-state index in [1.807, 2.05) is 0 Å². The third-order valence-electron chi connectivity index (χ3n) is 5.40. The number of rotatable bonds is 4. The van der Waals surface area contributed by atoms with E-state index in [0.717, 1.165) is 4.68 Å². The number of aryl methyl sites for hydroxylation is 1. The number of fused-ring (bicyclic) bond motifs is 4. The molecule has 0 unspecified atom stereocenters. The Labute approximate surface area is 170 Å². The summed E-state index contributed by atoms with van der Waals surface area (Å²) in [5.74, 6) is -0.187. The average molecular weight is 445 g/mol. The second-order valence-electron chi connectivity index (χ2n) is 7.17. The fraction of sp³-hybridized carbons (Fsp3) is 0.444. The molecule has 3 heterocycles. The van der Waals surface area contributed by atoms with E-state index in [1.54, 1.807) is 29.2 Å². The van der Waals surface area contributed by atoms with Gasteiger partial charge in [-0.1, -0.05) is 6.07 Å². The number of methoxy groups -OCH3 is 1. The lowest BCUT2D eigenvalue weighted by Crippen LogP contribution is -2.42. The van der Waals surface area contributed by atoms with Crippen LogP contribution in [-0.2, 0) is 23.6 Å². The Hall–Kier alpha value is -2.76. The van der Waals surface area contributed by atoms with E-state index in [2.05, 4.69) is 9.28 Å². The quantitative estimate of drug-likeness (QED) is 0.531. The van der Waals surface area contributed by atoms with Gasteiger partial charge in [0.25, 0.3) is 5.91 Å². The summed E-state index contributed by atoms with van der Waals surface area (Å²) in [7, 11) is -3.03. The number of hydrogen-bond donors (Lipinski definition) is 0. The minimum absolute atomic E-state index is 0.151. The highest BCUT2D eigenvalue weighted by molar-refractivity contribution is 7.87. The van der Waals surface area contributed by atoms with Gasteiger partial charge in [0.1, 0.15) is 5.75 Å². The predicted molar refractivity (Wildman–Crippen MR) is 97.4 cm³/mol. The number of carbonyl (C=O) groups is 1. The summed E-state index contributed by atoms with van der Waals surface area (Å²) in [6.45, 7) is 0. The van der Waals surface area contributed by atoms with E-state index in [9.17, 15) is 26.4 Å². The van der Waals surface area contributed by atoms with Gasteiger partial charge in [-0.05, 0) is 31.0 Å². The maximum atomic E-state index is 13.2. The summed E-state index contributed by atoms with van der Waals surface area (Å²) in [5.41, 5.74) is -4.49. The van der Waals surface area contributed by atoms with Crippen molar-refractivity contribution in [1.82, 2.24) is 14.7 Å². The predicted octanol–water partition coefficient (Wildman–Crippen LogP) is 2.56. The van der Waals surface area contributed by atoms with E-state index in [0.29, 0.717) is 29.8 Å². The molecule has 2 aliphatic heterocycles. The van der Waals surface area contributed by atoms with Crippen molar-refractivity contribution in [2.75, 3.05) is 7.11 Å². The molecular formula is C18H18F3N3O5S. The third-order valence-corrected chi connectivity index (χ3v) is 6.34. The van der Waals surface area contributed by atoms with Gasteiger partial charge in [0.15, 0.2) is 0 Å². The van der Waals surface area contributed by atoms with Crippen LogP contribution in [-0.4, -0.2) is 47.7 Å². The van der Waals surface area contributed by atoms with Crippen LogP contribution in [0.4, 0.5) is 13.2 Å². The maximum absolute atomic E-state index is 13.2. The van der Waals surface area contributed by atoms with E-state index in [-0.39, 0.29) is 23.9 Å². The highest BCUT2D eigenvalue weighted by Gasteiger charge is 2.51.